The minimum absolute atomic E-state index is 0.0106. The monoisotopic (exact) mass is 368 g/mol. The van der Waals surface area contributed by atoms with Crippen molar-refractivity contribution in [3.63, 3.8) is 0 Å². The van der Waals surface area contributed by atoms with Crippen molar-refractivity contribution in [1.82, 2.24) is 20.1 Å². The van der Waals surface area contributed by atoms with Crippen LogP contribution in [0.3, 0.4) is 0 Å². The maximum atomic E-state index is 11.8. The van der Waals surface area contributed by atoms with Crippen molar-refractivity contribution in [2.45, 2.75) is 26.3 Å². The molecule has 1 aliphatic heterocycles. The molecule has 0 atom stereocenters. The molecule has 1 aromatic carbocycles. The first-order valence-electron chi connectivity index (χ1n) is 8.75. The number of amides is 1. The fourth-order valence-electron chi connectivity index (χ4n) is 2.79. The van der Waals surface area contributed by atoms with Crippen LogP contribution in [0.2, 0.25) is 0 Å². The number of hydrogen-bond acceptors (Lipinski definition) is 5. The van der Waals surface area contributed by atoms with Gasteiger partial charge in [0, 0.05) is 45.7 Å². The zero-order valence-corrected chi connectivity index (χ0v) is 15.6. The molecule has 25 heavy (non-hydrogen) atoms. The van der Waals surface area contributed by atoms with Crippen LogP contribution in [0.1, 0.15) is 25.3 Å². The Morgan fingerprint density at radius 3 is 2.36 bits per heavy atom. The molecule has 7 nitrogen and oxygen atoms in total. The molecule has 8 heteroatoms. The standard InChI is InChI=1S/C17H28N4O3S/c1-2-14-25(23,24)19-18-17(22)8-9-20-10-12-21(13-11-20)15-16-6-4-3-5-7-16/h3-7,19H,2,8-15H2,1H3,(H,18,22). The van der Waals surface area contributed by atoms with E-state index in [1.165, 1.54) is 5.56 Å². The van der Waals surface area contributed by atoms with E-state index >= 15 is 0 Å². The van der Waals surface area contributed by atoms with E-state index in [0.717, 1.165) is 32.7 Å². The summed E-state index contributed by atoms with van der Waals surface area (Å²) in [6.07, 6.45) is 0.797. The molecule has 0 unspecified atom stereocenters. The lowest BCUT2D eigenvalue weighted by atomic mass is 10.2. The Labute approximate surface area is 150 Å². The summed E-state index contributed by atoms with van der Waals surface area (Å²) in [5, 5.41) is 0. The summed E-state index contributed by atoms with van der Waals surface area (Å²) in [6.45, 7) is 7.15. The second-order valence-electron chi connectivity index (χ2n) is 6.32. The average Bonchev–Trinajstić information content (AvgIpc) is 2.60. The number of hydrazine groups is 1. The molecule has 0 aliphatic carbocycles. The summed E-state index contributed by atoms with van der Waals surface area (Å²) in [7, 11) is -3.41. The van der Waals surface area contributed by atoms with Crippen LogP contribution in [0, 0.1) is 0 Å². The van der Waals surface area contributed by atoms with E-state index in [9.17, 15) is 13.2 Å². The Hall–Kier alpha value is -1.48. The van der Waals surface area contributed by atoms with Crippen LogP contribution in [-0.2, 0) is 21.4 Å². The minimum Gasteiger partial charge on any atom is -0.300 e. The van der Waals surface area contributed by atoms with Crippen LogP contribution in [-0.4, -0.2) is 62.6 Å². The molecule has 140 valence electrons. The number of nitrogens with zero attached hydrogens (tertiary/aromatic N) is 2. The van der Waals surface area contributed by atoms with Gasteiger partial charge in [-0.2, -0.15) is 0 Å². The lowest BCUT2D eigenvalue weighted by Gasteiger charge is -2.34. The molecule has 0 aromatic heterocycles. The van der Waals surface area contributed by atoms with Crippen molar-refractivity contribution in [3.8, 4) is 0 Å². The molecule has 1 heterocycles. The molecule has 2 rings (SSSR count). The third kappa shape index (κ3) is 7.52. The van der Waals surface area contributed by atoms with E-state index in [-0.39, 0.29) is 18.1 Å². The summed E-state index contributed by atoms with van der Waals surface area (Å²) < 4.78 is 23.0. The molecule has 0 bridgehead atoms. The van der Waals surface area contributed by atoms with Crippen molar-refractivity contribution in [2.75, 3.05) is 38.5 Å². The quantitative estimate of drug-likeness (QED) is 0.622. The highest BCUT2D eigenvalue weighted by Gasteiger charge is 2.18. The minimum atomic E-state index is -3.41. The van der Waals surface area contributed by atoms with Crippen LogP contribution in [0.15, 0.2) is 30.3 Å². The molecule has 0 radical (unpaired) electrons. The second-order valence-corrected chi connectivity index (χ2v) is 8.16. The normalized spacial score (nSPS) is 16.7. The van der Waals surface area contributed by atoms with Crippen LogP contribution >= 0.6 is 0 Å². The van der Waals surface area contributed by atoms with Gasteiger partial charge in [-0.25, -0.2) is 8.42 Å². The van der Waals surface area contributed by atoms with Crippen molar-refractivity contribution in [3.05, 3.63) is 35.9 Å². The predicted molar refractivity (Wildman–Crippen MR) is 98.1 cm³/mol. The van der Waals surface area contributed by atoms with Gasteiger partial charge in [-0.1, -0.05) is 37.3 Å². The smallest absolute Gasteiger partial charge is 0.236 e. The molecular formula is C17H28N4O3S. The molecule has 1 aromatic rings. The SMILES string of the molecule is CCCS(=O)(=O)NNC(=O)CCN1CCN(Cc2ccccc2)CC1. The van der Waals surface area contributed by atoms with Gasteiger partial charge in [0.15, 0.2) is 0 Å². The summed E-state index contributed by atoms with van der Waals surface area (Å²) in [4.78, 5) is 18.5. The van der Waals surface area contributed by atoms with Crippen LogP contribution in [0.4, 0.5) is 0 Å². The molecular weight excluding hydrogens is 340 g/mol. The van der Waals surface area contributed by atoms with Crippen LogP contribution in [0.25, 0.3) is 0 Å². The molecule has 1 saturated heterocycles. The Kier molecular flexibility index (Phi) is 7.83. The molecule has 0 spiro atoms. The van der Waals surface area contributed by atoms with Gasteiger partial charge >= 0.3 is 0 Å². The first-order valence-corrected chi connectivity index (χ1v) is 10.4. The maximum Gasteiger partial charge on any atom is 0.236 e. The Balaban J connectivity index is 1.62. The molecule has 0 saturated carbocycles. The van der Waals surface area contributed by atoms with Gasteiger partial charge in [-0.05, 0) is 12.0 Å². The van der Waals surface area contributed by atoms with Crippen LogP contribution < -0.4 is 10.3 Å². The van der Waals surface area contributed by atoms with Gasteiger partial charge < -0.3 is 4.90 Å². The number of rotatable bonds is 9. The summed E-state index contributed by atoms with van der Waals surface area (Å²) >= 11 is 0. The highest BCUT2D eigenvalue weighted by atomic mass is 32.2. The number of hydrogen-bond donors (Lipinski definition) is 2. The molecule has 1 fully saturated rings. The lowest BCUT2D eigenvalue weighted by molar-refractivity contribution is -0.122. The molecule has 1 aliphatic rings. The zero-order valence-electron chi connectivity index (χ0n) is 14.8. The number of piperazine rings is 1. The first-order chi connectivity index (χ1) is 12.0. The third-order valence-electron chi connectivity index (χ3n) is 4.19. The average molecular weight is 369 g/mol. The molecule has 2 N–H and O–H groups in total. The van der Waals surface area contributed by atoms with Gasteiger partial charge in [0.25, 0.3) is 0 Å². The van der Waals surface area contributed by atoms with Gasteiger partial charge in [-0.3, -0.25) is 15.1 Å². The van der Waals surface area contributed by atoms with Crippen LogP contribution in [0.5, 0.6) is 0 Å². The van der Waals surface area contributed by atoms with Gasteiger partial charge in [0.1, 0.15) is 0 Å². The van der Waals surface area contributed by atoms with Gasteiger partial charge in [0.05, 0.1) is 5.75 Å². The number of carbonyl (C=O) groups excluding carboxylic acids is 1. The fraction of sp³-hybridized carbons (Fsp3) is 0.588. The van der Waals surface area contributed by atoms with E-state index in [0.29, 0.717) is 13.0 Å². The summed E-state index contributed by atoms with van der Waals surface area (Å²) in [5.74, 6) is -0.289. The van der Waals surface area contributed by atoms with E-state index in [1.807, 2.05) is 6.07 Å². The Morgan fingerprint density at radius 1 is 1.08 bits per heavy atom. The van der Waals surface area contributed by atoms with Crippen molar-refractivity contribution >= 4 is 15.9 Å². The fourth-order valence-corrected chi connectivity index (χ4v) is 3.70. The number of nitrogens with one attached hydrogen (secondary N) is 2. The van der Waals surface area contributed by atoms with Gasteiger partial charge in [0.2, 0.25) is 15.9 Å². The maximum absolute atomic E-state index is 11.8. The van der Waals surface area contributed by atoms with Crippen molar-refractivity contribution < 1.29 is 13.2 Å². The zero-order chi connectivity index (χ0) is 18.1. The number of sulfonamides is 1. The Morgan fingerprint density at radius 2 is 1.72 bits per heavy atom. The van der Waals surface area contributed by atoms with Crippen molar-refractivity contribution in [2.24, 2.45) is 0 Å². The van der Waals surface area contributed by atoms with E-state index in [4.69, 9.17) is 0 Å². The lowest BCUT2D eigenvalue weighted by Crippen LogP contribution is -2.48. The van der Waals surface area contributed by atoms with E-state index in [1.54, 1.807) is 6.92 Å². The molecule has 1 amide bonds. The summed E-state index contributed by atoms with van der Waals surface area (Å²) in [5.41, 5.74) is 3.59. The van der Waals surface area contributed by atoms with E-state index in [2.05, 4.69) is 44.3 Å². The Bertz CT molecular complexity index is 629. The van der Waals surface area contributed by atoms with Crippen molar-refractivity contribution in [1.29, 1.82) is 0 Å². The second kappa shape index (κ2) is 9.86. The highest BCUT2D eigenvalue weighted by molar-refractivity contribution is 7.89. The first kappa shape index (κ1) is 19.8. The highest BCUT2D eigenvalue weighted by Crippen LogP contribution is 2.08. The topological polar surface area (TPSA) is 81.8 Å². The number of benzene rings is 1. The van der Waals surface area contributed by atoms with Gasteiger partial charge in [-0.15, -0.1) is 4.83 Å². The predicted octanol–water partition coefficient (Wildman–Crippen LogP) is 0.555. The summed E-state index contributed by atoms with van der Waals surface area (Å²) in [6, 6.07) is 10.4. The number of carbonyl (C=O) groups is 1. The third-order valence-corrected chi connectivity index (χ3v) is 5.55. The van der Waals surface area contributed by atoms with E-state index < -0.39 is 10.0 Å². The largest absolute Gasteiger partial charge is 0.300 e.